The summed E-state index contributed by atoms with van der Waals surface area (Å²) < 4.78 is 5.17. The lowest BCUT2D eigenvalue weighted by atomic mass is 10.1. The molecule has 1 saturated carbocycles. The van der Waals surface area contributed by atoms with Crippen LogP contribution in [0, 0.1) is 5.92 Å². The van der Waals surface area contributed by atoms with Crippen molar-refractivity contribution in [1.82, 2.24) is 0 Å². The molecule has 0 aromatic carbocycles. The van der Waals surface area contributed by atoms with Gasteiger partial charge in [0.15, 0.2) is 5.78 Å². The fraction of sp³-hybridized carbons (Fsp3) is 0.733. The fourth-order valence-corrected chi connectivity index (χ4v) is 2.37. The Kier molecular flexibility index (Phi) is 6.69. The molecule has 3 nitrogen and oxygen atoms in total. The number of esters is 1. The average Bonchev–Trinajstić information content (AvgIpc) is 2.73. The monoisotopic (exact) mass is 252 g/mol. The molecule has 0 N–H and O–H groups in total. The maximum Gasteiger partial charge on any atom is 0.302 e. The molecule has 2 unspecified atom stereocenters. The molecule has 0 spiro atoms. The molecule has 2 atom stereocenters. The van der Waals surface area contributed by atoms with Crippen LogP contribution in [-0.2, 0) is 14.3 Å². The molecule has 1 aliphatic rings. The molecule has 0 saturated heterocycles. The largest absolute Gasteiger partial charge is 0.463 e. The Hall–Kier alpha value is -1.12. The van der Waals surface area contributed by atoms with Crippen molar-refractivity contribution in [3.8, 4) is 0 Å². The number of hydrogen-bond acceptors (Lipinski definition) is 3. The predicted octanol–water partition coefficient (Wildman–Crippen LogP) is 3.42. The quantitative estimate of drug-likeness (QED) is 0.396. The zero-order chi connectivity index (χ0) is 13.4. The summed E-state index contributed by atoms with van der Waals surface area (Å²) in [6.07, 6.45) is 10.5. The highest BCUT2D eigenvalue weighted by Gasteiger charge is 2.24. The number of hydrogen-bond donors (Lipinski definition) is 0. The second kappa shape index (κ2) is 8.06. The summed E-state index contributed by atoms with van der Waals surface area (Å²) in [5.74, 6) is 0.407. The normalized spacial score (nSPS) is 23.4. The van der Waals surface area contributed by atoms with E-state index in [1.807, 2.05) is 6.08 Å². The zero-order valence-corrected chi connectivity index (χ0v) is 11.5. The van der Waals surface area contributed by atoms with E-state index in [1.54, 1.807) is 6.08 Å². The molecule has 0 amide bonds. The van der Waals surface area contributed by atoms with Crippen LogP contribution >= 0.6 is 0 Å². The summed E-state index contributed by atoms with van der Waals surface area (Å²) in [7, 11) is 0. The van der Waals surface area contributed by atoms with Crippen LogP contribution in [0.5, 0.6) is 0 Å². The summed E-state index contributed by atoms with van der Waals surface area (Å²) in [4.78, 5) is 22.4. The molecular formula is C15H24O3. The van der Waals surface area contributed by atoms with E-state index in [4.69, 9.17) is 4.74 Å². The second-order valence-electron chi connectivity index (χ2n) is 5.09. The minimum absolute atomic E-state index is 0.0485. The van der Waals surface area contributed by atoms with E-state index in [2.05, 4.69) is 6.92 Å². The van der Waals surface area contributed by atoms with Gasteiger partial charge < -0.3 is 4.74 Å². The number of allylic oxidation sites excluding steroid dienone is 2. The van der Waals surface area contributed by atoms with Crippen LogP contribution in [0.1, 0.15) is 58.8 Å². The van der Waals surface area contributed by atoms with Crippen molar-refractivity contribution in [2.24, 2.45) is 5.92 Å². The van der Waals surface area contributed by atoms with Crippen LogP contribution in [-0.4, -0.2) is 17.9 Å². The smallest absolute Gasteiger partial charge is 0.302 e. The highest BCUT2D eigenvalue weighted by molar-refractivity contribution is 5.89. The lowest BCUT2D eigenvalue weighted by Gasteiger charge is -2.09. The third kappa shape index (κ3) is 5.99. The first kappa shape index (κ1) is 14.9. The van der Waals surface area contributed by atoms with E-state index in [-0.39, 0.29) is 17.9 Å². The summed E-state index contributed by atoms with van der Waals surface area (Å²) in [6.45, 7) is 3.58. The minimum atomic E-state index is -0.208. The van der Waals surface area contributed by atoms with Gasteiger partial charge in [0.2, 0.25) is 0 Å². The molecule has 0 heterocycles. The molecule has 1 fully saturated rings. The Labute approximate surface area is 110 Å². The van der Waals surface area contributed by atoms with E-state index < -0.39 is 0 Å². The predicted molar refractivity (Wildman–Crippen MR) is 71.2 cm³/mol. The summed E-state index contributed by atoms with van der Waals surface area (Å²) in [5.41, 5.74) is 0. The SMILES string of the molecule is CCCCCC(=O)/C=C/C1CCC(OC(C)=O)C1. The highest BCUT2D eigenvalue weighted by Crippen LogP contribution is 2.28. The first-order valence-corrected chi connectivity index (χ1v) is 7.00. The lowest BCUT2D eigenvalue weighted by molar-refractivity contribution is -0.146. The highest BCUT2D eigenvalue weighted by atomic mass is 16.5. The van der Waals surface area contributed by atoms with E-state index >= 15 is 0 Å². The van der Waals surface area contributed by atoms with Gasteiger partial charge in [-0.2, -0.15) is 0 Å². The Morgan fingerprint density at radius 2 is 2.06 bits per heavy atom. The van der Waals surface area contributed by atoms with Crippen molar-refractivity contribution >= 4 is 11.8 Å². The van der Waals surface area contributed by atoms with Gasteiger partial charge in [-0.25, -0.2) is 0 Å². The van der Waals surface area contributed by atoms with Gasteiger partial charge in [0, 0.05) is 13.3 Å². The van der Waals surface area contributed by atoms with Gasteiger partial charge in [-0.15, -0.1) is 0 Å². The van der Waals surface area contributed by atoms with E-state index in [1.165, 1.54) is 6.92 Å². The molecule has 3 heteroatoms. The van der Waals surface area contributed by atoms with Crippen molar-refractivity contribution in [3.63, 3.8) is 0 Å². The lowest BCUT2D eigenvalue weighted by Crippen LogP contribution is -2.12. The number of ether oxygens (including phenoxy) is 1. The molecule has 0 aromatic heterocycles. The van der Waals surface area contributed by atoms with Gasteiger partial charge in [-0.1, -0.05) is 25.8 Å². The van der Waals surface area contributed by atoms with Gasteiger partial charge in [0.25, 0.3) is 0 Å². The summed E-state index contributed by atoms with van der Waals surface area (Å²) in [5, 5.41) is 0. The van der Waals surface area contributed by atoms with Gasteiger partial charge in [0.05, 0.1) is 0 Å². The molecule has 1 rings (SSSR count). The topological polar surface area (TPSA) is 43.4 Å². The van der Waals surface area contributed by atoms with Crippen molar-refractivity contribution in [3.05, 3.63) is 12.2 Å². The Morgan fingerprint density at radius 3 is 2.72 bits per heavy atom. The van der Waals surface area contributed by atoms with E-state index in [0.717, 1.165) is 38.5 Å². The van der Waals surface area contributed by atoms with Gasteiger partial charge in [-0.05, 0) is 37.7 Å². The van der Waals surface area contributed by atoms with Crippen molar-refractivity contribution < 1.29 is 14.3 Å². The minimum Gasteiger partial charge on any atom is -0.463 e. The van der Waals surface area contributed by atoms with Crippen LogP contribution in [0.3, 0.4) is 0 Å². The standard InChI is InChI=1S/C15H24O3/c1-3-4-5-6-14(17)9-7-13-8-10-15(11-13)18-12(2)16/h7,9,13,15H,3-6,8,10-11H2,1-2H3/b9-7+. The summed E-state index contributed by atoms with van der Waals surface area (Å²) in [6, 6.07) is 0. The van der Waals surface area contributed by atoms with Crippen LogP contribution in [0.25, 0.3) is 0 Å². The molecule has 0 aromatic rings. The number of ketones is 1. The fourth-order valence-electron chi connectivity index (χ4n) is 2.37. The van der Waals surface area contributed by atoms with Crippen molar-refractivity contribution in [2.75, 3.05) is 0 Å². The Balaban J connectivity index is 2.22. The van der Waals surface area contributed by atoms with Crippen molar-refractivity contribution in [1.29, 1.82) is 0 Å². The molecule has 102 valence electrons. The third-order valence-corrected chi connectivity index (χ3v) is 3.34. The Morgan fingerprint density at radius 1 is 1.28 bits per heavy atom. The number of carbonyl (C=O) groups excluding carboxylic acids is 2. The van der Waals surface area contributed by atoms with E-state index in [0.29, 0.717) is 12.3 Å². The first-order valence-electron chi connectivity index (χ1n) is 7.00. The zero-order valence-electron chi connectivity index (χ0n) is 11.5. The van der Waals surface area contributed by atoms with Crippen LogP contribution in [0.2, 0.25) is 0 Å². The van der Waals surface area contributed by atoms with Gasteiger partial charge in [-0.3, -0.25) is 9.59 Å². The number of rotatable bonds is 7. The molecule has 0 radical (unpaired) electrons. The first-order chi connectivity index (χ1) is 8.61. The Bertz CT molecular complexity index is 307. The maximum atomic E-state index is 11.6. The average molecular weight is 252 g/mol. The molecule has 1 aliphatic carbocycles. The number of carbonyl (C=O) groups is 2. The second-order valence-corrected chi connectivity index (χ2v) is 5.09. The molecular weight excluding hydrogens is 228 g/mol. The molecule has 0 aliphatic heterocycles. The van der Waals surface area contributed by atoms with Gasteiger partial charge >= 0.3 is 5.97 Å². The molecule has 0 bridgehead atoms. The van der Waals surface area contributed by atoms with Crippen LogP contribution in [0.4, 0.5) is 0 Å². The van der Waals surface area contributed by atoms with Gasteiger partial charge in [0.1, 0.15) is 6.10 Å². The van der Waals surface area contributed by atoms with Crippen molar-refractivity contribution in [2.45, 2.75) is 64.9 Å². The van der Waals surface area contributed by atoms with E-state index in [9.17, 15) is 9.59 Å². The molecule has 18 heavy (non-hydrogen) atoms. The maximum absolute atomic E-state index is 11.6. The third-order valence-electron chi connectivity index (χ3n) is 3.34. The summed E-state index contributed by atoms with van der Waals surface area (Å²) >= 11 is 0. The van der Waals surface area contributed by atoms with Crippen LogP contribution in [0.15, 0.2) is 12.2 Å². The number of unbranched alkanes of at least 4 members (excludes halogenated alkanes) is 2. The van der Waals surface area contributed by atoms with Crippen LogP contribution < -0.4 is 0 Å².